The number of nitrogens with zero attached hydrogens (tertiary/aromatic N) is 2. The number of aromatic nitrogens is 3. The molecule has 3 rings (SSSR count). The zero-order valence-electron chi connectivity index (χ0n) is 12.1. The van der Waals surface area contributed by atoms with Crippen molar-refractivity contribution in [2.24, 2.45) is 0 Å². The van der Waals surface area contributed by atoms with E-state index in [0.29, 0.717) is 5.82 Å². The van der Waals surface area contributed by atoms with Gasteiger partial charge in [0.05, 0.1) is 7.11 Å². The summed E-state index contributed by atoms with van der Waals surface area (Å²) in [5.74, 6) is 2.25. The van der Waals surface area contributed by atoms with Crippen LogP contribution in [0, 0.1) is 0 Å². The molecule has 21 heavy (non-hydrogen) atoms. The van der Waals surface area contributed by atoms with E-state index in [1.54, 1.807) is 7.11 Å². The zero-order valence-corrected chi connectivity index (χ0v) is 12.1. The number of methoxy groups -OCH3 is 1. The number of benzene rings is 2. The quantitative estimate of drug-likeness (QED) is 0.792. The lowest BCUT2D eigenvalue weighted by Crippen LogP contribution is -1.86. The molecule has 1 N–H and O–H groups in total. The van der Waals surface area contributed by atoms with E-state index in [9.17, 15) is 0 Å². The summed E-state index contributed by atoms with van der Waals surface area (Å²) >= 11 is 0. The first-order valence-corrected chi connectivity index (χ1v) is 6.96. The molecule has 0 amide bonds. The molecule has 3 aromatic rings. The van der Waals surface area contributed by atoms with Gasteiger partial charge in [-0.1, -0.05) is 37.3 Å². The Labute approximate surface area is 123 Å². The summed E-state index contributed by atoms with van der Waals surface area (Å²) in [5.41, 5.74) is 3.27. The smallest absolute Gasteiger partial charge is 0.181 e. The van der Waals surface area contributed by atoms with Gasteiger partial charge in [-0.2, -0.15) is 5.10 Å². The van der Waals surface area contributed by atoms with Gasteiger partial charge in [-0.25, -0.2) is 4.98 Å². The van der Waals surface area contributed by atoms with Crippen LogP contribution in [0.3, 0.4) is 0 Å². The monoisotopic (exact) mass is 279 g/mol. The van der Waals surface area contributed by atoms with Gasteiger partial charge in [0.25, 0.3) is 0 Å². The Morgan fingerprint density at radius 1 is 1.05 bits per heavy atom. The average Bonchev–Trinajstić information content (AvgIpc) is 3.05. The van der Waals surface area contributed by atoms with Crippen molar-refractivity contribution in [3.8, 4) is 28.5 Å². The second-order valence-electron chi connectivity index (χ2n) is 4.79. The average molecular weight is 279 g/mol. The van der Waals surface area contributed by atoms with Crippen LogP contribution < -0.4 is 4.74 Å². The van der Waals surface area contributed by atoms with Crippen LogP contribution in [0.25, 0.3) is 22.8 Å². The first kappa shape index (κ1) is 13.4. The van der Waals surface area contributed by atoms with E-state index in [2.05, 4.69) is 34.2 Å². The van der Waals surface area contributed by atoms with Gasteiger partial charge in [0.15, 0.2) is 11.6 Å². The highest BCUT2D eigenvalue weighted by Gasteiger charge is 2.08. The van der Waals surface area contributed by atoms with Gasteiger partial charge in [-0.05, 0) is 30.2 Å². The maximum atomic E-state index is 5.23. The van der Waals surface area contributed by atoms with Crippen molar-refractivity contribution in [2.75, 3.05) is 7.11 Å². The molecule has 0 saturated heterocycles. The van der Waals surface area contributed by atoms with Crippen molar-refractivity contribution < 1.29 is 4.74 Å². The molecule has 106 valence electrons. The first-order chi connectivity index (χ1) is 10.3. The standard InChI is InChI=1S/C17H17N3O/c1-3-12-6-4-7-13(10-12)16-18-17(20-19-16)14-8-5-9-15(11-14)21-2/h4-11H,3H2,1-2H3,(H,18,19,20). The maximum absolute atomic E-state index is 5.23. The van der Waals surface area contributed by atoms with E-state index in [0.717, 1.165) is 29.1 Å². The summed E-state index contributed by atoms with van der Waals surface area (Å²) in [6.45, 7) is 2.14. The van der Waals surface area contributed by atoms with Gasteiger partial charge in [-0.15, -0.1) is 0 Å². The molecule has 0 radical (unpaired) electrons. The highest BCUT2D eigenvalue weighted by molar-refractivity contribution is 5.62. The van der Waals surface area contributed by atoms with E-state index >= 15 is 0 Å². The van der Waals surface area contributed by atoms with E-state index < -0.39 is 0 Å². The highest BCUT2D eigenvalue weighted by atomic mass is 16.5. The lowest BCUT2D eigenvalue weighted by atomic mass is 10.1. The van der Waals surface area contributed by atoms with Crippen LogP contribution in [0.5, 0.6) is 5.75 Å². The molecule has 0 saturated carbocycles. The fourth-order valence-corrected chi connectivity index (χ4v) is 2.22. The van der Waals surface area contributed by atoms with Crippen LogP contribution in [-0.2, 0) is 6.42 Å². The van der Waals surface area contributed by atoms with Crippen molar-refractivity contribution in [2.45, 2.75) is 13.3 Å². The van der Waals surface area contributed by atoms with E-state index in [1.165, 1.54) is 5.56 Å². The van der Waals surface area contributed by atoms with E-state index in [1.807, 2.05) is 36.4 Å². The Morgan fingerprint density at radius 2 is 1.86 bits per heavy atom. The molecule has 1 aromatic heterocycles. The highest BCUT2D eigenvalue weighted by Crippen LogP contribution is 2.23. The molecular weight excluding hydrogens is 262 g/mol. The van der Waals surface area contributed by atoms with Crippen molar-refractivity contribution in [1.29, 1.82) is 0 Å². The predicted octanol–water partition coefficient (Wildman–Crippen LogP) is 3.71. The van der Waals surface area contributed by atoms with Gasteiger partial charge < -0.3 is 4.74 Å². The van der Waals surface area contributed by atoms with Crippen LogP contribution >= 0.6 is 0 Å². The van der Waals surface area contributed by atoms with E-state index in [4.69, 9.17) is 4.74 Å². The van der Waals surface area contributed by atoms with Crippen molar-refractivity contribution in [1.82, 2.24) is 15.2 Å². The summed E-state index contributed by atoms with van der Waals surface area (Å²) in [5, 5.41) is 7.31. The Balaban J connectivity index is 1.95. The minimum atomic E-state index is 0.672. The van der Waals surface area contributed by atoms with Gasteiger partial charge in [0, 0.05) is 11.1 Å². The molecule has 0 spiro atoms. The van der Waals surface area contributed by atoms with Crippen molar-refractivity contribution in [3.05, 3.63) is 54.1 Å². The first-order valence-electron chi connectivity index (χ1n) is 6.96. The molecule has 0 atom stereocenters. The molecule has 4 heteroatoms. The summed E-state index contributed by atoms with van der Waals surface area (Å²) in [4.78, 5) is 4.58. The molecule has 1 heterocycles. The number of rotatable bonds is 4. The Hall–Kier alpha value is -2.62. The summed E-state index contributed by atoms with van der Waals surface area (Å²) in [6, 6.07) is 16.1. The van der Waals surface area contributed by atoms with Crippen LogP contribution in [-0.4, -0.2) is 22.3 Å². The topological polar surface area (TPSA) is 50.8 Å². The summed E-state index contributed by atoms with van der Waals surface area (Å²) in [6.07, 6.45) is 1.00. The largest absolute Gasteiger partial charge is 0.497 e. The Morgan fingerprint density at radius 3 is 2.67 bits per heavy atom. The van der Waals surface area contributed by atoms with Gasteiger partial charge in [0.1, 0.15) is 5.75 Å². The fourth-order valence-electron chi connectivity index (χ4n) is 2.22. The van der Waals surface area contributed by atoms with Gasteiger partial charge in [0.2, 0.25) is 0 Å². The lowest BCUT2D eigenvalue weighted by Gasteiger charge is -2.01. The van der Waals surface area contributed by atoms with Crippen molar-refractivity contribution in [3.63, 3.8) is 0 Å². The molecule has 0 fully saturated rings. The number of aromatic amines is 1. The SMILES string of the molecule is CCc1cccc(-c2nc(-c3cccc(OC)c3)n[nH]2)c1. The second-order valence-corrected chi connectivity index (χ2v) is 4.79. The molecule has 0 aliphatic rings. The van der Waals surface area contributed by atoms with Gasteiger partial charge >= 0.3 is 0 Å². The lowest BCUT2D eigenvalue weighted by molar-refractivity contribution is 0.415. The van der Waals surface area contributed by atoms with Crippen LogP contribution in [0.2, 0.25) is 0 Å². The normalized spacial score (nSPS) is 10.6. The Bertz CT molecular complexity index is 687. The number of hydrogen-bond donors (Lipinski definition) is 1. The van der Waals surface area contributed by atoms with E-state index in [-0.39, 0.29) is 0 Å². The zero-order chi connectivity index (χ0) is 14.7. The predicted molar refractivity (Wildman–Crippen MR) is 83.2 cm³/mol. The number of hydrogen-bond acceptors (Lipinski definition) is 3. The number of aryl methyl sites for hydroxylation is 1. The maximum Gasteiger partial charge on any atom is 0.181 e. The summed E-state index contributed by atoms with van der Waals surface area (Å²) < 4.78 is 5.23. The molecule has 4 nitrogen and oxygen atoms in total. The second kappa shape index (κ2) is 5.79. The van der Waals surface area contributed by atoms with Crippen LogP contribution in [0.15, 0.2) is 48.5 Å². The van der Waals surface area contributed by atoms with Gasteiger partial charge in [-0.3, -0.25) is 5.10 Å². The molecule has 0 aliphatic carbocycles. The molecule has 0 bridgehead atoms. The van der Waals surface area contributed by atoms with Crippen molar-refractivity contribution >= 4 is 0 Å². The van der Waals surface area contributed by atoms with Crippen LogP contribution in [0.4, 0.5) is 0 Å². The minimum Gasteiger partial charge on any atom is -0.497 e. The molecule has 2 aromatic carbocycles. The number of H-pyrrole nitrogens is 1. The van der Waals surface area contributed by atoms with Crippen LogP contribution in [0.1, 0.15) is 12.5 Å². The molecule has 0 aliphatic heterocycles. The third-order valence-electron chi connectivity index (χ3n) is 3.42. The number of nitrogens with one attached hydrogen (secondary N) is 1. The third-order valence-corrected chi connectivity index (χ3v) is 3.42. The number of ether oxygens (including phenoxy) is 1. The fraction of sp³-hybridized carbons (Fsp3) is 0.176. The third kappa shape index (κ3) is 2.79. The molecule has 0 unspecified atom stereocenters. The minimum absolute atomic E-state index is 0.672. The molecular formula is C17H17N3O. The Kier molecular flexibility index (Phi) is 3.69. The summed E-state index contributed by atoms with van der Waals surface area (Å²) in [7, 11) is 1.65.